The summed E-state index contributed by atoms with van der Waals surface area (Å²) in [6, 6.07) is 9.98. The molecule has 0 unspecified atom stereocenters. The van der Waals surface area contributed by atoms with Crippen molar-refractivity contribution in [2.75, 3.05) is 5.32 Å². The smallest absolute Gasteiger partial charge is 0.258 e. The molecule has 0 bridgehead atoms. The summed E-state index contributed by atoms with van der Waals surface area (Å²) < 4.78 is 0. The number of nitrogens with one attached hydrogen (secondary N) is 1. The zero-order valence-corrected chi connectivity index (χ0v) is 9.30. The van der Waals surface area contributed by atoms with Gasteiger partial charge in [-0.3, -0.25) is 4.79 Å². The second-order valence-electron chi connectivity index (χ2n) is 3.73. The van der Waals surface area contributed by atoms with E-state index in [0.29, 0.717) is 4.88 Å². The van der Waals surface area contributed by atoms with Gasteiger partial charge in [0.05, 0.1) is 4.88 Å². The van der Waals surface area contributed by atoms with Crippen LogP contribution in [0.1, 0.15) is 15.2 Å². The number of thiophene rings is 1. The van der Waals surface area contributed by atoms with E-state index in [1.807, 2.05) is 24.3 Å². The summed E-state index contributed by atoms with van der Waals surface area (Å²) in [4.78, 5) is 12.9. The predicted octanol–water partition coefficient (Wildman–Crippen LogP) is 2.44. The van der Waals surface area contributed by atoms with Crippen molar-refractivity contribution < 1.29 is 4.79 Å². The zero-order valence-electron chi connectivity index (χ0n) is 8.49. The maximum absolute atomic E-state index is 11.1. The number of primary amides is 1. The minimum Gasteiger partial charge on any atom is -0.380 e. The lowest BCUT2D eigenvalue weighted by Gasteiger charge is -2.17. The average Bonchev–Trinajstić information content (AvgIpc) is 2.73. The second-order valence-corrected chi connectivity index (χ2v) is 4.78. The van der Waals surface area contributed by atoms with Crippen LogP contribution in [0.15, 0.2) is 30.3 Å². The van der Waals surface area contributed by atoms with Crippen molar-refractivity contribution in [2.24, 2.45) is 5.73 Å². The molecule has 4 heteroatoms. The van der Waals surface area contributed by atoms with Gasteiger partial charge in [0.1, 0.15) is 0 Å². The molecule has 0 atom stereocenters. The monoisotopic (exact) mass is 230 g/mol. The Morgan fingerprint density at radius 1 is 1.38 bits per heavy atom. The molecule has 0 saturated carbocycles. The predicted molar refractivity (Wildman–Crippen MR) is 65.6 cm³/mol. The quantitative estimate of drug-likeness (QED) is 0.790. The normalized spacial score (nSPS) is 12.5. The number of carbonyl (C=O) groups is 1. The minimum atomic E-state index is -0.350. The molecule has 3 nitrogen and oxygen atoms in total. The largest absolute Gasteiger partial charge is 0.380 e. The lowest BCUT2D eigenvalue weighted by molar-refractivity contribution is 0.100. The third-order valence-electron chi connectivity index (χ3n) is 2.69. The lowest BCUT2D eigenvalue weighted by atomic mass is 10.0. The Kier molecular flexibility index (Phi) is 1.97. The highest BCUT2D eigenvalue weighted by Crippen LogP contribution is 2.40. The van der Waals surface area contributed by atoms with Crippen molar-refractivity contribution in [1.29, 1.82) is 0 Å². The number of benzene rings is 1. The van der Waals surface area contributed by atoms with Gasteiger partial charge in [-0.15, -0.1) is 11.3 Å². The molecule has 0 aliphatic carbocycles. The number of fused-ring (bicyclic) bond motifs is 3. The fourth-order valence-electron chi connectivity index (χ4n) is 1.94. The number of para-hydroxylation sites is 1. The van der Waals surface area contributed by atoms with E-state index in [4.69, 9.17) is 5.73 Å². The van der Waals surface area contributed by atoms with Crippen molar-refractivity contribution in [2.45, 2.75) is 6.54 Å². The van der Waals surface area contributed by atoms with Gasteiger partial charge in [-0.25, -0.2) is 0 Å². The van der Waals surface area contributed by atoms with Gasteiger partial charge < -0.3 is 11.1 Å². The van der Waals surface area contributed by atoms with E-state index in [-0.39, 0.29) is 5.91 Å². The molecule has 0 spiro atoms. The van der Waals surface area contributed by atoms with Crippen molar-refractivity contribution in [1.82, 2.24) is 0 Å². The Labute approximate surface area is 96.9 Å². The first-order valence-corrected chi connectivity index (χ1v) is 5.83. The van der Waals surface area contributed by atoms with Crippen LogP contribution >= 0.6 is 11.3 Å². The number of carbonyl (C=O) groups excluding carboxylic acids is 1. The summed E-state index contributed by atoms with van der Waals surface area (Å²) in [6.45, 7) is 0.760. The van der Waals surface area contributed by atoms with Gasteiger partial charge in [0.15, 0.2) is 0 Å². The summed E-state index contributed by atoms with van der Waals surface area (Å²) in [5, 5.41) is 3.33. The molecule has 1 amide bonds. The number of nitrogens with two attached hydrogens (primary N) is 1. The van der Waals surface area contributed by atoms with Crippen LogP contribution < -0.4 is 11.1 Å². The number of hydrogen-bond donors (Lipinski definition) is 2. The lowest BCUT2D eigenvalue weighted by Crippen LogP contribution is -2.08. The first-order valence-electron chi connectivity index (χ1n) is 5.01. The fraction of sp³-hybridized carbons (Fsp3) is 0.0833. The summed E-state index contributed by atoms with van der Waals surface area (Å²) in [5.74, 6) is -0.350. The average molecular weight is 230 g/mol. The first-order chi connectivity index (χ1) is 7.75. The third kappa shape index (κ3) is 1.31. The Morgan fingerprint density at radius 3 is 3.00 bits per heavy atom. The molecule has 1 aromatic carbocycles. The molecular formula is C12H10N2OS. The zero-order chi connectivity index (χ0) is 11.1. The Bertz CT molecular complexity index is 574. The van der Waals surface area contributed by atoms with E-state index < -0.39 is 0 Å². The van der Waals surface area contributed by atoms with Gasteiger partial charge in [-0.05, 0) is 17.7 Å². The van der Waals surface area contributed by atoms with Crippen molar-refractivity contribution >= 4 is 22.9 Å². The van der Waals surface area contributed by atoms with Crippen molar-refractivity contribution in [3.63, 3.8) is 0 Å². The molecule has 3 N–H and O–H groups in total. The van der Waals surface area contributed by atoms with Crippen molar-refractivity contribution in [3.05, 3.63) is 40.8 Å². The fourth-order valence-corrected chi connectivity index (χ4v) is 3.01. The molecule has 1 aromatic heterocycles. The number of amides is 1. The SMILES string of the molecule is NC(=O)c1cc2c(s1)-c1ccccc1NC2. The molecular weight excluding hydrogens is 220 g/mol. The minimum absolute atomic E-state index is 0.350. The molecule has 0 radical (unpaired) electrons. The summed E-state index contributed by atoms with van der Waals surface area (Å²) in [6.07, 6.45) is 0. The third-order valence-corrected chi connectivity index (χ3v) is 3.92. The molecule has 1 aliphatic heterocycles. The van der Waals surface area contributed by atoms with Crippen LogP contribution in [-0.2, 0) is 6.54 Å². The number of rotatable bonds is 1. The molecule has 2 heterocycles. The highest BCUT2D eigenvalue weighted by Gasteiger charge is 2.19. The van der Waals surface area contributed by atoms with Gasteiger partial charge in [0.25, 0.3) is 5.91 Å². The topological polar surface area (TPSA) is 55.1 Å². The molecule has 0 fully saturated rings. The standard InChI is InChI=1S/C12H10N2OS/c13-12(15)10-5-7-6-14-9-4-2-1-3-8(9)11(7)16-10/h1-5,14H,6H2,(H2,13,15). The molecule has 3 rings (SSSR count). The second kappa shape index (κ2) is 3.35. The van der Waals surface area contributed by atoms with Gasteiger partial charge in [-0.2, -0.15) is 0 Å². The van der Waals surface area contributed by atoms with Crippen LogP contribution in [0.2, 0.25) is 0 Å². The Morgan fingerprint density at radius 2 is 2.19 bits per heavy atom. The summed E-state index contributed by atoms with van der Waals surface area (Å²) in [7, 11) is 0. The molecule has 2 aromatic rings. The van der Waals surface area contributed by atoms with Gasteiger partial charge in [0, 0.05) is 22.7 Å². The molecule has 0 saturated heterocycles. The van der Waals surface area contributed by atoms with Gasteiger partial charge in [-0.1, -0.05) is 18.2 Å². The van der Waals surface area contributed by atoms with Crippen LogP contribution in [0.3, 0.4) is 0 Å². The summed E-state index contributed by atoms with van der Waals surface area (Å²) >= 11 is 1.47. The van der Waals surface area contributed by atoms with Crippen LogP contribution in [-0.4, -0.2) is 5.91 Å². The van der Waals surface area contributed by atoms with Crippen LogP contribution in [0.4, 0.5) is 5.69 Å². The first kappa shape index (κ1) is 9.42. The molecule has 1 aliphatic rings. The highest BCUT2D eigenvalue weighted by atomic mass is 32.1. The molecule has 80 valence electrons. The van der Waals surface area contributed by atoms with E-state index in [1.165, 1.54) is 11.3 Å². The highest BCUT2D eigenvalue weighted by molar-refractivity contribution is 7.17. The molecule has 16 heavy (non-hydrogen) atoms. The van der Waals surface area contributed by atoms with Gasteiger partial charge >= 0.3 is 0 Å². The maximum atomic E-state index is 11.1. The van der Waals surface area contributed by atoms with E-state index in [1.54, 1.807) is 0 Å². The van der Waals surface area contributed by atoms with Crippen LogP contribution in [0, 0.1) is 0 Å². The number of anilines is 1. The van der Waals surface area contributed by atoms with Crippen molar-refractivity contribution in [3.8, 4) is 10.4 Å². The Hall–Kier alpha value is -1.81. The van der Waals surface area contributed by atoms with Gasteiger partial charge in [0.2, 0.25) is 0 Å². The van der Waals surface area contributed by atoms with Crippen LogP contribution in [0.5, 0.6) is 0 Å². The van der Waals surface area contributed by atoms with E-state index in [9.17, 15) is 4.79 Å². The summed E-state index contributed by atoms with van der Waals surface area (Å²) in [5.41, 5.74) is 8.72. The number of hydrogen-bond acceptors (Lipinski definition) is 3. The van der Waals surface area contributed by atoms with Crippen LogP contribution in [0.25, 0.3) is 10.4 Å². The van der Waals surface area contributed by atoms with E-state index in [2.05, 4.69) is 11.4 Å². The van der Waals surface area contributed by atoms with E-state index >= 15 is 0 Å². The van der Waals surface area contributed by atoms with E-state index in [0.717, 1.165) is 28.2 Å². The Balaban J connectivity index is 2.20. The maximum Gasteiger partial charge on any atom is 0.258 e.